The maximum Gasteiger partial charge on any atom is 0.490 e. The number of carboxylic acid groups (broad SMARTS) is 1. The van der Waals surface area contributed by atoms with Gasteiger partial charge in [-0.3, -0.25) is 0 Å². The summed E-state index contributed by atoms with van der Waals surface area (Å²) in [4.78, 5) is 22.2. The minimum absolute atomic E-state index is 0.515. The normalized spacial score (nSPS) is 11.1. The van der Waals surface area contributed by atoms with Gasteiger partial charge >= 0.3 is 12.1 Å². The number of para-hydroxylation sites is 1. The molecular weight excluding hydrogens is 467 g/mol. The van der Waals surface area contributed by atoms with Crippen molar-refractivity contribution >= 4 is 28.5 Å². The van der Waals surface area contributed by atoms with Gasteiger partial charge < -0.3 is 14.9 Å². The predicted octanol–water partition coefficient (Wildman–Crippen LogP) is 4.55. The molecule has 0 bridgehead atoms. The maximum atomic E-state index is 10.6. The first-order valence-electron chi connectivity index (χ1n) is 9.92. The van der Waals surface area contributed by atoms with Crippen molar-refractivity contribution in [2.45, 2.75) is 13.1 Å². The topological polar surface area (TPSA) is 132 Å². The number of carbonyl (C=O) groups is 1. The number of hydrogen-bond donors (Lipinski definition) is 2. The average molecular weight is 483 g/mol. The van der Waals surface area contributed by atoms with Gasteiger partial charge in [-0.05, 0) is 31.2 Å². The predicted molar refractivity (Wildman–Crippen MR) is 118 cm³/mol. The van der Waals surface area contributed by atoms with Crippen molar-refractivity contribution in [3.63, 3.8) is 0 Å². The molecule has 0 unspecified atom stereocenters. The third-order valence-corrected chi connectivity index (χ3v) is 4.59. The Labute approximate surface area is 195 Å². The van der Waals surface area contributed by atoms with E-state index in [4.69, 9.17) is 19.4 Å². The van der Waals surface area contributed by atoms with E-state index in [-0.39, 0.29) is 0 Å². The summed E-state index contributed by atoms with van der Waals surface area (Å²) in [5.41, 5.74) is 4.46. The number of anilines is 2. The van der Waals surface area contributed by atoms with Crippen molar-refractivity contribution < 1.29 is 27.6 Å². The second-order valence-corrected chi connectivity index (χ2v) is 7.06. The van der Waals surface area contributed by atoms with E-state index in [9.17, 15) is 13.2 Å². The molecule has 5 aromatic rings. The summed E-state index contributed by atoms with van der Waals surface area (Å²) in [6, 6.07) is 13.7. The molecule has 2 aromatic carbocycles. The molecule has 3 aromatic heterocycles. The van der Waals surface area contributed by atoms with Crippen molar-refractivity contribution in [3.05, 3.63) is 73.3 Å². The maximum absolute atomic E-state index is 10.6. The SMILES string of the molecule is Cc1ncn(-c2ccc(Nc3ncc4cccc(-c5cnoc5)c4n3)cc2)n1.O=C(O)C(F)(F)F. The molecule has 0 amide bonds. The third kappa shape index (κ3) is 5.58. The molecule has 0 aliphatic rings. The zero-order valence-electron chi connectivity index (χ0n) is 17.9. The van der Waals surface area contributed by atoms with Gasteiger partial charge in [0.2, 0.25) is 5.95 Å². The molecule has 3 heterocycles. The Hall–Kier alpha value is -4.81. The molecule has 0 radical (unpaired) electrons. The lowest BCUT2D eigenvalue weighted by Gasteiger charge is -2.08. The first-order valence-corrected chi connectivity index (χ1v) is 9.92. The minimum atomic E-state index is -5.08. The van der Waals surface area contributed by atoms with Crippen molar-refractivity contribution in [1.82, 2.24) is 29.9 Å². The first-order chi connectivity index (χ1) is 16.7. The summed E-state index contributed by atoms with van der Waals surface area (Å²) in [5, 5.41) is 19.4. The molecule has 35 heavy (non-hydrogen) atoms. The van der Waals surface area contributed by atoms with Crippen LogP contribution in [0.25, 0.3) is 27.7 Å². The number of carboxylic acids is 1. The Balaban J connectivity index is 0.000000364. The van der Waals surface area contributed by atoms with Gasteiger partial charge in [-0.1, -0.05) is 23.4 Å². The molecular formula is C22H16F3N7O3. The number of nitrogens with zero attached hydrogens (tertiary/aromatic N) is 6. The molecule has 10 nitrogen and oxygen atoms in total. The van der Waals surface area contributed by atoms with E-state index >= 15 is 0 Å². The molecule has 13 heteroatoms. The van der Waals surface area contributed by atoms with E-state index in [0.29, 0.717) is 5.95 Å². The Morgan fingerprint density at radius 2 is 1.83 bits per heavy atom. The summed E-state index contributed by atoms with van der Waals surface area (Å²) in [5.74, 6) is -1.51. The molecule has 0 saturated heterocycles. The summed E-state index contributed by atoms with van der Waals surface area (Å²) in [6.07, 6.45) is 1.69. The van der Waals surface area contributed by atoms with Crippen LogP contribution in [-0.2, 0) is 4.79 Å². The van der Waals surface area contributed by atoms with E-state index in [0.717, 1.165) is 39.2 Å². The van der Waals surface area contributed by atoms with E-state index < -0.39 is 12.1 Å². The molecule has 5 rings (SSSR count). The molecule has 0 aliphatic heterocycles. The van der Waals surface area contributed by atoms with Gasteiger partial charge in [-0.25, -0.2) is 24.4 Å². The summed E-state index contributed by atoms with van der Waals surface area (Å²) in [7, 11) is 0. The number of rotatable bonds is 4. The zero-order chi connectivity index (χ0) is 25.0. The fourth-order valence-corrected chi connectivity index (χ4v) is 2.98. The smallest absolute Gasteiger partial charge is 0.475 e. The van der Waals surface area contributed by atoms with Crippen LogP contribution in [0.1, 0.15) is 5.82 Å². The number of aromatic nitrogens is 6. The Kier molecular flexibility index (Phi) is 6.40. The van der Waals surface area contributed by atoms with Gasteiger partial charge in [-0.2, -0.15) is 18.3 Å². The highest BCUT2D eigenvalue weighted by atomic mass is 19.4. The van der Waals surface area contributed by atoms with Gasteiger partial charge in [0, 0.05) is 28.4 Å². The molecule has 178 valence electrons. The number of nitrogens with one attached hydrogen (secondary N) is 1. The van der Waals surface area contributed by atoms with Crippen LogP contribution in [-0.4, -0.2) is 47.1 Å². The van der Waals surface area contributed by atoms with Gasteiger partial charge in [0.05, 0.1) is 17.4 Å². The fourth-order valence-electron chi connectivity index (χ4n) is 2.98. The van der Waals surface area contributed by atoms with Crippen LogP contribution in [0.5, 0.6) is 0 Å². The number of aliphatic carboxylic acids is 1. The van der Waals surface area contributed by atoms with Gasteiger partial charge in [0.1, 0.15) is 18.4 Å². The standard InChI is InChI=1S/C20H15N7O.C2HF3O2/c1-13-22-12-27(26-13)17-7-5-16(6-8-17)24-20-21-9-14-3-2-4-18(19(14)25-20)15-10-23-28-11-15;3-2(4,5)1(6)7/h2-12H,1H3,(H,21,24,25);(H,6,7). The number of benzene rings is 2. The average Bonchev–Trinajstić information content (AvgIpc) is 3.51. The molecule has 2 N–H and O–H groups in total. The lowest BCUT2D eigenvalue weighted by atomic mass is 10.1. The number of alkyl halides is 3. The second kappa shape index (κ2) is 9.59. The van der Waals surface area contributed by atoms with Crippen LogP contribution in [0.2, 0.25) is 0 Å². The Morgan fingerprint density at radius 1 is 1.09 bits per heavy atom. The summed E-state index contributed by atoms with van der Waals surface area (Å²) < 4.78 is 38.4. The van der Waals surface area contributed by atoms with Crippen LogP contribution in [0.3, 0.4) is 0 Å². The van der Waals surface area contributed by atoms with E-state index in [1.165, 1.54) is 0 Å². The van der Waals surface area contributed by atoms with Crippen LogP contribution in [0.15, 0.2) is 72.0 Å². The van der Waals surface area contributed by atoms with Gasteiger partial charge in [0.25, 0.3) is 0 Å². The Morgan fingerprint density at radius 3 is 2.43 bits per heavy atom. The molecule has 0 atom stereocenters. The van der Waals surface area contributed by atoms with E-state index in [2.05, 4.69) is 25.5 Å². The molecule has 0 saturated carbocycles. The fraction of sp³-hybridized carbons (Fsp3) is 0.0909. The quantitative estimate of drug-likeness (QED) is 0.378. The largest absolute Gasteiger partial charge is 0.490 e. The highest BCUT2D eigenvalue weighted by Crippen LogP contribution is 2.28. The van der Waals surface area contributed by atoms with Gasteiger partial charge in [-0.15, -0.1) is 0 Å². The van der Waals surface area contributed by atoms with Crippen LogP contribution < -0.4 is 5.32 Å². The lowest BCUT2D eigenvalue weighted by molar-refractivity contribution is -0.192. The van der Waals surface area contributed by atoms with Crippen molar-refractivity contribution in [1.29, 1.82) is 0 Å². The van der Waals surface area contributed by atoms with Crippen LogP contribution in [0.4, 0.5) is 24.8 Å². The van der Waals surface area contributed by atoms with E-state index in [1.54, 1.807) is 29.7 Å². The highest BCUT2D eigenvalue weighted by molar-refractivity contribution is 5.93. The summed E-state index contributed by atoms with van der Waals surface area (Å²) >= 11 is 0. The Bertz CT molecular complexity index is 1450. The number of hydrogen-bond acceptors (Lipinski definition) is 8. The number of fused-ring (bicyclic) bond motifs is 1. The zero-order valence-corrected chi connectivity index (χ0v) is 17.9. The number of aryl methyl sites for hydroxylation is 1. The monoisotopic (exact) mass is 483 g/mol. The first kappa shape index (κ1) is 23.4. The lowest BCUT2D eigenvalue weighted by Crippen LogP contribution is -2.21. The van der Waals surface area contributed by atoms with E-state index in [1.807, 2.05) is 49.4 Å². The van der Waals surface area contributed by atoms with Crippen LogP contribution in [0, 0.1) is 6.92 Å². The van der Waals surface area contributed by atoms with Crippen molar-refractivity contribution in [3.8, 4) is 16.8 Å². The third-order valence-electron chi connectivity index (χ3n) is 4.59. The minimum Gasteiger partial charge on any atom is -0.475 e. The van der Waals surface area contributed by atoms with Crippen LogP contribution >= 0.6 is 0 Å². The second-order valence-electron chi connectivity index (χ2n) is 7.06. The van der Waals surface area contributed by atoms with Crippen molar-refractivity contribution in [2.75, 3.05) is 5.32 Å². The number of halogens is 3. The van der Waals surface area contributed by atoms with Gasteiger partial charge in [0.15, 0.2) is 0 Å². The highest BCUT2D eigenvalue weighted by Gasteiger charge is 2.38. The molecule has 0 spiro atoms. The van der Waals surface area contributed by atoms with Crippen molar-refractivity contribution in [2.24, 2.45) is 0 Å². The summed E-state index contributed by atoms with van der Waals surface area (Å²) in [6.45, 7) is 1.86. The molecule has 0 aliphatic carbocycles. The molecule has 0 fully saturated rings.